The molecule has 0 spiro atoms. The quantitative estimate of drug-likeness (QED) is 0.396. The molecule has 8 heteroatoms. The number of hydrogen-bond donors (Lipinski definition) is 1. The zero-order chi connectivity index (χ0) is 22.3. The molecule has 32 heavy (non-hydrogen) atoms. The standard InChI is InChI=1S/C24H30N8/c1-4-6-8-22-26-23(9-7-5-2)32(29-22)16-18-11-13-21(25-15-18)19-12-10-17(3)14-20(19)24-27-30-31-28-24/h10-15H,4-9,16H2,1-3H3,(H,27,28,30,31). The second kappa shape index (κ2) is 10.3. The Kier molecular flexibility index (Phi) is 6.99. The molecule has 4 aromatic rings. The van der Waals surface area contributed by atoms with Gasteiger partial charge in [-0.05, 0) is 47.9 Å². The molecule has 0 aliphatic carbocycles. The Morgan fingerprint density at radius 3 is 2.53 bits per heavy atom. The summed E-state index contributed by atoms with van der Waals surface area (Å²) >= 11 is 0. The number of H-pyrrole nitrogens is 1. The van der Waals surface area contributed by atoms with Crippen molar-refractivity contribution in [2.45, 2.75) is 65.8 Å². The fourth-order valence-corrected chi connectivity index (χ4v) is 3.71. The van der Waals surface area contributed by atoms with E-state index in [0.717, 1.165) is 78.1 Å². The maximum Gasteiger partial charge on any atom is 0.180 e. The molecule has 0 unspecified atom stereocenters. The first-order valence-electron chi connectivity index (χ1n) is 11.4. The number of tetrazole rings is 1. The Morgan fingerprint density at radius 1 is 0.969 bits per heavy atom. The van der Waals surface area contributed by atoms with Crippen LogP contribution in [0.1, 0.15) is 62.3 Å². The molecular formula is C24H30N8. The number of rotatable bonds is 10. The van der Waals surface area contributed by atoms with E-state index in [9.17, 15) is 0 Å². The lowest BCUT2D eigenvalue weighted by Crippen LogP contribution is -2.07. The van der Waals surface area contributed by atoms with Gasteiger partial charge in [0.05, 0.1) is 12.2 Å². The van der Waals surface area contributed by atoms with Crippen LogP contribution in [0.5, 0.6) is 0 Å². The largest absolute Gasteiger partial charge is 0.256 e. The maximum absolute atomic E-state index is 4.80. The highest BCUT2D eigenvalue weighted by Crippen LogP contribution is 2.29. The summed E-state index contributed by atoms with van der Waals surface area (Å²) in [4.78, 5) is 9.55. The highest BCUT2D eigenvalue weighted by atomic mass is 15.5. The second-order valence-electron chi connectivity index (χ2n) is 8.16. The van der Waals surface area contributed by atoms with E-state index in [0.29, 0.717) is 12.4 Å². The maximum atomic E-state index is 4.80. The van der Waals surface area contributed by atoms with E-state index >= 15 is 0 Å². The predicted octanol–water partition coefficient (Wildman–Crippen LogP) is 4.56. The highest BCUT2D eigenvalue weighted by molar-refractivity contribution is 5.78. The van der Waals surface area contributed by atoms with Crippen molar-refractivity contribution in [1.29, 1.82) is 0 Å². The minimum absolute atomic E-state index is 0.636. The van der Waals surface area contributed by atoms with E-state index in [1.54, 1.807) is 0 Å². The van der Waals surface area contributed by atoms with E-state index in [1.165, 1.54) is 0 Å². The summed E-state index contributed by atoms with van der Waals surface area (Å²) in [6.07, 6.45) is 8.35. The molecule has 3 heterocycles. The summed E-state index contributed by atoms with van der Waals surface area (Å²) in [6.45, 7) is 7.13. The van der Waals surface area contributed by atoms with Crippen molar-refractivity contribution in [3.05, 3.63) is 59.3 Å². The van der Waals surface area contributed by atoms with Crippen molar-refractivity contribution in [2.24, 2.45) is 0 Å². The molecule has 1 aromatic carbocycles. The van der Waals surface area contributed by atoms with Crippen LogP contribution in [-0.4, -0.2) is 40.4 Å². The Hall–Kier alpha value is -3.42. The van der Waals surface area contributed by atoms with Crippen molar-refractivity contribution in [1.82, 2.24) is 40.4 Å². The van der Waals surface area contributed by atoms with Gasteiger partial charge in [-0.3, -0.25) is 4.98 Å². The third kappa shape index (κ3) is 5.07. The van der Waals surface area contributed by atoms with Gasteiger partial charge in [-0.1, -0.05) is 50.5 Å². The van der Waals surface area contributed by atoms with E-state index < -0.39 is 0 Å². The molecule has 0 radical (unpaired) electrons. The molecule has 0 atom stereocenters. The normalized spacial score (nSPS) is 11.2. The van der Waals surface area contributed by atoms with Crippen molar-refractivity contribution < 1.29 is 0 Å². The fourth-order valence-electron chi connectivity index (χ4n) is 3.71. The summed E-state index contributed by atoms with van der Waals surface area (Å²) in [5, 5.41) is 19.2. The Bertz CT molecular complexity index is 1130. The van der Waals surface area contributed by atoms with Gasteiger partial charge in [0.15, 0.2) is 11.6 Å². The lowest BCUT2D eigenvalue weighted by atomic mass is 10.0. The molecule has 1 N–H and O–H groups in total. The van der Waals surface area contributed by atoms with Gasteiger partial charge >= 0.3 is 0 Å². The first-order chi connectivity index (χ1) is 15.7. The average molecular weight is 431 g/mol. The number of benzene rings is 1. The SMILES string of the molecule is CCCCc1nc(CCCC)n(Cc2ccc(-c3ccc(C)cc3-c3nnn[nH]3)nc2)n1. The highest BCUT2D eigenvalue weighted by Gasteiger charge is 2.13. The summed E-state index contributed by atoms with van der Waals surface area (Å²) in [5.74, 6) is 2.66. The van der Waals surface area contributed by atoms with Gasteiger partial charge < -0.3 is 0 Å². The molecule has 0 bridgehead atoms. The lowest BCUT2D eigenvalue weighted by Gasteiger charge is -2.09. The van der Waals surface area contributed by atoms with Crippen LogP contribution in [0.2, 0.25) is 0 Å². The number of unbranched alkanes of at least 4 members (excludes halogenated alkanes) is 2. The van der Waals surface area contributed by atoms with Gasteiger partial charge in [-0.15, -0.1) is 5.10 Å². The summed E-state index contributed by atoms with van der Waals surface area (Å²) in [5.41, 5.74) is 5.06. The monoisotopic (exact) mass is 430 g/mol. The van der Waals surface area contributed by atoms with E-state index in [2.05, 4.69) is 70.3 Å². The first-order valence-corrected chi connectivity index (χ1v) is 11.4. The summed E-state index contributed by atoms with van der Waals surface area (Å²) in [6, 6.07) is 10.4. The van der Waals surface area contributed by atoms with E-state index in [4.69, 9.17) is 15.1 Å². The number of nitrogens with one attached hydrogen (secondary N) is 1. The Balaban J connectivity index is 1.57. The molecule has 8 nitrogen and oxygen atoms in total. The number of nitrogens with zero attached hydrogens (tertiary/aromatic N) is 7. The fraction of sp³-hybridized carbons (Fsp3) is 0.417. The third-order valence-electron chi connectivity index (χ3n) is 5.51. The van der Waals surface area contributed by atoms with Crippen LogP contribution in [0.3, 0.4) is 0 Å². The molecule has 3 aromatic heterocycles. The zero-order valence-electron chi connectivity index (χ0n) is 19.0. The number of aryl methyl sites for hydroxylation is 3. The Labute approximate surface area is 188 Å². The van der Waals surface area contributed by atoms with Gasteiger partial charge in [-0.2, -0.15) is 5.10 Å². The number of aromatic amines is 1. The topological polar surface area (TPSA) is 98.1 Å². The van der Waals surface area contributed by atoms with Crippen molar-refractivity contribution in [3.8, 4) is 22.6 Å². The molecule has 166 valence electrons. The van der Waals surface area contributed by atoms with Crippen LogP contribution in [0.15, 0.2) is 36.5 Å². The Morgan fingerprint density at radius 2 is 1.81 bits per heavy atom. The molecule has 4 rings (SSSR count). The molecule has 0 saturated heterocycles. The van der Waals surface area contributed by atoms with Gasteiger partial charge in [0.2, 0.25) is 0 Å². The van der Waals surface area contributed by atoms with Gasteiger partial charge in [0.1, 0.15) is 5.82 Å². The van der Waals surface area contributed by atoms with Crippen LogP contribution in [0, 0.1) is 6.92 Å². The van der Waals surface area contributed by atoms with E-state index in [-0.39, 0.29) is 0 Å². The zero-order valence-corrected chi connectivity index (χ0v) is 19.0. The number of aromatic nitrogens is 8. The third-order valence-corrected chi connectivity index (χ3v) is 5.51. The minimum atomic E-state index is 0.636. The second-order valence-corrected chi connectivity index (χ2v) is 8.16. The number of hydrogen-bond acceptors (Lipinski definition) is 6. The van der Waals surface area contributed by atoms with Crippen LogP contribution in [-0.2, 0) is 19.4 Å². The molecular weight excluding hydrogens is 400 g/mol. The lowest BCUT2D eigenvalue weighted by molar-refractivity contribution is 0.611. The molecule has 0 amide bonds. The first kappa shape index (κ1) is 21.8. The molecule has 0 aliphatic rings. The minimum Gasteiger partial charge on any atom is -0.256 e. The van der Waals surface area contributed by atoms with Gasteiger partial charge in [-0.25, -0.2) is 14.8 Å². The summed E-state index contributed by atoms with van der Waals surface area (Å²) < 4.78 is 2.05. The van der Waals surface area contributed by atoms with Crippen molar-refractivity contribution >= 4 is 0 Å². The van der Waals surface area contributed by atoms with Gasteiger partial charge in [0.25, 0.3) is 0 Å². The smallest absolute Gasteiger partial charge is 0.180 e. The molecule has 0 fully saturated rings. The molecule has 0 saturated carbocycles. The van der Waals surface area contributed by atoms with Gasteiger partial charge in [0, 0.05) is 30.2 Å². The van der Waals surface area contributed by atoms with Crippen LogP contribution < -0.4 is 0 Å². The molecule has 0 aliphatic heterocycles. The van der Waals surface area contributed by atoms with Crippen LogP contribution >= 0.6 is 0 Å². The average Bonchev–Trinajstić information content (AvgIpc) is 3.47. The summed E-state index contributed by atoms with van der Waals surface area (Å²) in [7, 11) is 0. The van der Waals surface area contributed by atoms with Crippen molar-refractivity contribution in [3.63, 3.8) is 0 Å². The predicted molar refractivity (Wildman–Crippen MR) is 124 cm³/mol. The number of pyridine rings is 1. The van der Waals surface area contributed by atoms with Crippen LogP contribution in [0.25, 0.3) is 22.6 Å². The van der Waals surface area contributed by atoms with E-state index in [1.807, 2.05) is 12.3 Å². The van der Waals surface area contributed by atoms with Crippen LogP contribution in [0.4, 0.5) is 0 Å². The van der Waals surface area contributed by atoms with Crippen molar-refractivity contribution in [2.75, 3.05) is 0 Å².